The van der Waals surface area contributed by atoms with Crippen molar-refractivity contribution >= 4 is 69.1 Å². The number of nitrogens with one attached hydrogen (secondary N) is 1. The van der Waals surface area contributed by atoms with Crippen LogP contribution in [0.15, 0.2) is 88.4 Å². The lowest BCUT2D eigenvalue weighted by molar-refractivity contribution is 0.0951. The maximum absolute atomic E-state index is 12.7. The van der Waals surface area contributed by atoms with Crippen molar-refractivity contribution in [2.24, 2.45) is 10.2 Å². The average molecular weight is 555 g/mol. The molecule has 2 heterocycles. The largest absolute Gasteiger partial charge is 0.290 e. The molecule has 0 aliphatic carbocycles. The molecule has 0 bridgehead atoms. The first-order valence-corrected chi connectivity index (χ1v) is 12.9. The molecular weight excluding hydrogens is 537 g/mol. The number of amides is 1. The summed E-state index contributed by atoms with van der Waals surface area (Å²) in [5, 5.41) is 14.5. The molecule has 1 atom stereocenters. The van der Waals surface area contributed by atoms with Gasteiger partial charge < -0.3 is 0 Å². The molecule has 4 aromatic rings. The number of carbonyl (C=O) groups excluding carboxylic acids is 1. The molecule has 1 aliphatic heterocycles. The van der Waals surface area contributed by atoms with Gasteiger partial charge in [-0.15, -0.1) is 11.3 Å². The number of thiazole rings is 1. The second kappa shape index (κ2) is 10.8. The lowest BCUT2D eigenvalue weighted by Crippen LogP contribution is -2.20. The highest BCUT2D eigenvalue weighted by Crippen LogP contribution is 2.38. The molecule has 1 aliphatic rings. The number of anilines is 1. The third-order valence-electron chi connectivity index (χ3n) is 5.55. The fraction of sp³-hybridized carbons (Fsp3) is 0.0769. The minimum atomic E-state index is -0.452. The Morgan fingerprint density at radius 1 is 1.00 bits per heavy atom. The second-order valence-electron chi connectivity index (χ2n) is 7.88. The van der Waals surface area contributed by atoms with Crippen LogP contribution < -0.4 is 10.4 Å². The van der Waals surface area contributed by atoms with Crippen molar-refractivity contribution in [3.05, 3.63) is 116 Å². The summed E-state index contributed by atoms with van der Waals surface area (Å²) in [4.78, 5) is 17.2. The smallest absolute Gasteiger partial charge is 0.266 e. The van der Waals surface area contributed by atoms with E-state index in [0.29, 0.717) is 32.2 Å². The first kappa shape index (κ1) is 24.5. The first-order chi connectivity index (χ1) is 17.5. The Labute approximate surface area is 226 Å². The number of halogens is 3. The Morgan fingerprint density at radius 3 is 2.44 bits per heavy atom. The molecule has 0 saturated heterocycles. The van der Waals surface area contributed by atoms with Crippen LogP contribution in [0.25, 0.3) is 0 Å². The van der Waals surface area contributed by atoms with E-state index < -0.39 is 5.91 Å². The summed E-state index contributed by atoms with van der Waals surface area (Å²) < 4.78 is 0. The highest BCUT2D eigenvalue weighted by atomic mass is 35.5. The summed E-state index contributed by atoms with van der Waals surface area (Å²) in [6.45, 7) is 0. The number of hydrogen-bond donors (Lipinski definition) is 1. The number of hydrazone groups is 2. The van der Waals surface area contributed by atoms with Gasteiger partial charge in [-0.1, -0.05) is 83.3 Å². The standard InChI is InChI=1S/C26H18Cl3N5OS/c27-18-11-9-17(10-12-18)24-13-22(16-5-2-1-3-6-16)33-34(24)26-31-23(15-36-26)25(35)32-30-14-19-20(28)7-4-8-21(19)29/h1-12,14-15,24H,13H2,(H,32,35). The number of rotatable bonds is 6. The quantitative estimate of drug-likeness (QED) is 0.202. The molecule has 1 unspecified atom stereocenters. The van der Waals surface area contributed by atoms with E-state index in [1.807, 2.05) is 59.6 Å². The maximum Gasteiger partial charge on any atom is 0.290 e. The van der Waals surface area contributed by atoms with Crippen molar-refractivity contribution in [1.29, 1.82) is 0 Å². The molecule has 5 rings (SSSR count). The van der Waals surface area contributed by atoms with Crippen LogP contribution in [0.3, 0.4) is 0 Å². The first-order valence-electron chi connectivity index (χ1n) is 10.9. The van der Waals surface area contributed by atoms with Gasteiger partial charge in [0.15, 0.2) is 0 Å². The van der Waals surface area contributed by atoms with Gasteiger partial charge in [-0.3, -0.25) is 4.79 Å². The van der Waals surface area contributed by atoms with E-state index in [1.54, 1.807) is 23.6 Å². The molecule has 0 spiro atoms. The molecule has 3 aromatic carbocycles. The Bertz CT molecular complexity index is 1430. The fourth-order valence-electron chi connectivity index (χ4n) is 3.76. The Hall–Kier alpha value is -3.23. The zero-order valence-electron chi connectivity index (χ0n) is 18.6. The molecule has 6 nitrogen and oxygen atoms in total. The fourth-order valence-corrected chi connectivity index (χ4v) is 5.18. The maximum atomic E-state index is 12.7. The van der Waals surface area contributed by atoms with Gasteiger partial charge in [-0.05, 0) is 35.4 Å². The molecular formula is C26H18Cl3N5OS. The van der Waals surface area contributed by atoms with Crippen LogP contribution >= 0.6 is 46.1 Å². The van der Waals surface area contributed by atoms with E-state index in [9.17, 15) is 4.79 Å². The summed E-state index contributed by atoms with van der Waals surface area (Å²) in [7, 11) is 0. The summed E-state index contributed by atoms with van der Waals surface area (Å²) in [6.07, 6.45) is 2.10. The van der Waals surface area contributed by atoms with Crippen molar-refractivity contribution in [3.63, 3.8) is 0 Å². The highest BCUT2D eigenvalue weighted by molar-refractivity contribution is 7.14. The summed E-state index contributed by atoms with van der Waals surface area (Å²) in [5.74, 6) is -0.452. The number of hydrogen-bond acceptors (Lipinski definition) is 6. The molecule has 0 saturated carbocycles. The number of nitrogens with zero attached hydrogens (tertiary/aromatic N) is 4. The van der Waals surface area contributed by atoms with Crippen LogP contribution in [-0.2, 0) is 0 Å². The zero-order valence-corrected chi connectivity index (χ0v) is 21.7. The van der Waals surface area contributed by atoms with Gasteiger partial charge in [0.25, 0.3) is 5.91 Å². The lowest BCUT2D eigenvalue weighted by atomic mass is 9.99. The lowest BCUT2D eigenvalue weighted by Gasteiger charge is -2.21. The SMILES string of the molecule is O=C(NN=Cc1c(Cl)cccc1Cl)c1csc(N2N=C(c3ccccc3)CC2c2ccc(Cl)cc2)n1. The van der Waals surface area contributed by atoms with Crippen molar-refractivity contribution in [2.75, 3.05) is 5.01 Å². The molecule has 0 fully saturated rings. The molecule has 0 radical (unpaired) electrons. The summed E-state index contributed by atoms with van der Waals surface area (Å²) >= 11 is 19.7. The van der Waals surface area contributed by atoms with E-state index >= 15 is 0 Å². The minimum absolute atomic E-state index is 0.0834. The number of benzene rings is 3. The topological polar surface area (TPSA) is 70.0 Å². The Kier molecular flexibility index (Phi) is 7.34. The van der Waals surface area contributed by atoms with E-state index in [4.69, 9.17) is 39.9 Å². The zero-order chi connectivity index (χ0) is 25.1. The monoisotopic (exact) mass is 553 g/mol. The van der Waals surface area contributed by atoms with Crippen molar-refractivity contribution in [3.8, 4) is 0 Å². The molecule has 180 valence electrons. The molecule has 36 heavy (non-hydrogen) atoms. The molecule has 1 aromatic heterocycles. The van der Waals surface area contributed by atoms with Crippen molar-refractivity contribution < 1.29 is 4.79 Å². The Balaban J connectivity index is 1.38. The van der Waals surface area contributed by atoms with Crippen LogP contribution in [-0.4, -0.2) is 22.8 Å². The third-order valence-corrected chi connectivity index (χ3v) is 7.29. The van der Waals surface area contributed by atoms with Gasteiger partial charge in [-0.25, -0.2) is 15.4 Å². The van der Waals surface area contributed by atoms with Crippen LogP contribution in [0.5, 0.6) is 0 Å². The van der Waals surface area contributed by atoms with Crippen LogP contribution in [0.4, 0.5) is 5.13 Å². The van der Waals surface area contributed by atoms with E-state index in [-0.39, 0.29) is 11.7 Å². The van der Waals surface area contributed by atoms with Gasteiger partial charge >= 0.3 is 0 Å². The van der Waals surface area contributed by atoms with Crippen LogP contribution in [0, 0.1) is 0 Å². The van der Waals surface area contributed by atoms with Crippen molar-refractivity contribution in [2.45, 2.75) is 12.5 Å². The van der Waals surface area contributed by atoms with Gasteiger partial charge in [0, 0.05) is 22.4 Å². The van der Waals surface area contributed by atoms with Gasteiger partial charge in [0.05, 0.1) is 28.0 Å². The third kappa shape index (κ3) is 5.29. The number of carbonyl (C=O) groups is 1. The second-order valence-corrected chi connectivity index (χ2v) is 9.97. The average Bonchev–Trinajstić information content (AvgIpc) is 3.55. The minimum Gasteiger partial charge on any atom is -0.266 e. The predicted octanol–water partition coefficient (Wildman–Crippen LogP) is 7.22. The van der Waals surface area contributed by atoms with Gasteiger partial charge in [0.2, 0.25) is 5.13 Å². The van der Waals surface area contributed by atoms with Gasteiger partial charge in [-0.2, -0.15) is 10.2 Å². The van der Waals surface area contributed by atoms with E-state index in [2.05, 4.69) is 15.5 Å². The van der Waals surface area contributed by atoms with E-state index in [1.165, 1.54) is 17.6 Å². The summed E-state index contributed by atoms with van der Waals surface area (Å²) in [6, 6.07) is 22.7. The predicted molar refractivity (Wildman–Crippen MR) is 148 cm³/mol. The van der Waals surface area contributed by atoms with Crippen molar-refractivity contribution in [1.82, 2.24) is 10.4 Å². The molecule has 1 amide bonds. The highest BCUT2D eigenvalue weighted by Gasteiger charge is 2.32. The molecule has 10 heteroatoms. The summed E-state index contributed by atoms with van der Waals surface area (Å²) in [5.41, 5.74) is 6.27. The van der Waals surface area contributed by atoms with Crippen LogP contribution in [0.2, 0.25) is 15.1 Å². The normalized spacial score (nSPS) is 15.4. The Morgan fingerprint density at radius 2 is 1.72 bits per heavy atom. The molecule has 1 N–H and O–H groups in total. The number of aromatic nitrogens is 1. The van der Waals surface area contributed by atoms with E-state index in [0.717, 1.165) is 16.8 Å². The van der Waals surface area contributed by atoms with Crippen LogP contribution in [0.1, 0.15) is 39.6 Å². The van der Waals surface area contributed by atoms with Gasteiger partial charge in [0.1, 0.15) is 5.69 Å².